The number of sulfonamides is 1. The molecule has 1 heterocycles. The van der Waals surface area contributed by atoms with Crippen molar-refractivity contribution in [3.63, 3.8) is 0 Å². The number of pyridine rings is 1. The summed E-state index contributed by atoms with van der Waals surface area (Å²) in [6.07, 6.45) is 1.31. The SMILES string of the molecule is CCNc1cc(S(=O)(=O)NCC(C)OCC)ccn1. The van der Waals surface area contributed by atoms with Gasteiger partial charge in [-0.2, -0.15) is 0 Å². The van der Waals surface area contributed by atoms with E-state index in [2.05, 4.69) is 15.0 Å². The maximum absolute atomic E-state index is 12.1. The summed E-state index contributed by atoms with van der Waals surface area (Å²) in [5.41, 5.74) is 0. The van der Waals surface area contributed by atoms with Crippen LogP contribution in [0.3, 0.4) is 0 Å². The van der Waals surface area contributed by atoms with Crippen LogP contribution in [0.1, 0.15) is 20.8 Å². The first-order valence-corrected chi connectivity index (χ1v) is 7.79. The first kappa shape index (κ1) is 15.9. The van der Waals surface area contributed by atoms with Crippen LogP contribution in [-0.4, -0.2) is 39.2 Å². The average Bonchev–Trinajstić information content (AvgIpc) is 2.38. The summed E-state index contributed by atoms with van der Waals surface area (Å²) in [5, 5.41) is 2.98. The van der Waals surface area contributed by atoms with Crippen molar-refractivity contribution in [1.29, 1.82) is 0 Å². The van der Waals surface area contributed by atoms with Gasteiger partial charge in [0.15, 0.2) is 0 Å². The molecule has 1 atom stereocenters. The van der Waals surface area contributed by atoms with Crippen molar-refractivity contribution < 1.29 is 13.2 Å². The Morgan fingerprint density at radius 1 is 1.42 bits per heavy atom. The molecule has 6 nitrogen and oxygen atoms in total. The quantitative estimate of drug-likeness (QED) is 0.751. The van der Waals surface area contributed by atoms with Gasteiger partial charge in [0.1, 0.15) is 5.82 Å². The van der Waals surface area contributed by atoms with Crippen LogP contribution in [-0.2, 0) is 14.8 Å². The van der Waals surface area contributed by atoms with Crippen LogP contribution in [0.4, 0.5) is 5.82 Å². The van der Waals surface area contributed by atoms with Crippen molar-refractivity contribution in [2.75, 3.05) is 25.0 Å². The van der Waals surface area contributed by atoms with Crippen LogP contribution in [0.25, 0.3) is 0 Å². The molecule has 1 rings (SSSR count). The number of hydrogen-bond acceptors (Lipinski definition) is 5. The fourth-order valence-electron chi connectivity index (χ4n) is 1.51. The molecule has 1 aromatic rings. The molecule has 0 aliphatic carbocycles. The number of hydrogen-bond donors (Lipinski definition) is 2. The Morgan fingerprint density at radius 3 is 2.79 bits per heavy atom. The summed E-state index contributed by atoms with van der Waals surface area (Å²) in [7, 11) is -3.52. The summed E-state index contributed by atoms with van der Waals surface area (Å²) >= 11 is 0. The van der Waals surface area contributed by atoms with E-state index in [0.29, 0.717) is 19.0 Å². The molecule has 0 aliphatic rings. The molecule has 7 heteroatoms. The molecule has 0 amide bonds. The summed E-state index contributed by atoms with van der Waals surface area (Å²) in [6, 6.07) is 2.98. The Labute approximate surface area is 114 Å². The summed E-state index contributed by atoms with van der Waals surface area (Å²) in [4.78, 5) is 4.24. The zero-order valence-corrected chi connectivity index (χ0v) is 12.3. The Morgan fingerprint density at radius 2 is 2.16 bits per heavy atom. The minimum Gasteiger partial charge on any atom is -0.377 e. The number of aromatic nitrogens is 1. The van der Waals surface area contributed by atoms with Gasteiger partial charge in [0, 0.05) is 32.0 Å². The highest BCUT2D eigenvalue weighted by Gasteiger charge is 2.15. The third-order valence-electron chi connectivity index (χ3n) is 2.41. The molecule has 0 saturated heterocycles. The van der Waals surface area contributed by atoms with Crippen molar-refractivity contribution in [1.82, 2.24) is 9.71 Å². The molecule has 0 aromatic carbocycles. The summed E-state index contributed by atoms with van der Waals surface area (Å²) < 4.78 is 32.0. The van der Waals surface area contributed by atoms with E-state index in [4.69, 9.17) is 4.74 Å². The third-order valence-corrected chi connectivity index (χ3v) is 3.83. The second-order valence-electron chi connectivity index (χ2n) is 4.02. The normalized spacial score (nSPS) is 13.2. The monoisotopic (exact) mass is 287 g/mol. The zero-order chi connectivity index (χ0) is 14.3. The lowest BCUT2D eigenvalue weighted by Crippen LogP contribution is -2.32. The highest BCUT2D eigenvalue weighted by molar-refractivity contribution is 7.89. The van der Waals surface area contributed by atoms with E-state index >= 15 is 0 Å². The van der Waals surface area contributed by atoms with Gasteiger partial charge in [0.25, 0.3) is 0 Å². The number of rotatable bonds is 8. The van der Waals surface area contributed by atoms with Gasteiger partial charge in [-0.1, -0.05) is 0 Å². The minimum absolute atomic E-state index is 0.158. The number of nitrogens with zero attached hydrogens (tertiary/aromatic N) is 1. The molecule has 0 fully saturated rings. The Bertz CT molecular complexity index is 491. The van der Waals surface area contributed by atoms with Crippen LogP contribution >= 0.6 is 0 Å². The first-order chi connectivity index (χ1) is 8.99. The van der Waals surface area contributed by atoms with E-state index in [-0.39, 0.29) is 17.5 Å². The van der Waals surface area contributed by atoms with Gasteiger partial charge in [-0.05, 0) is 26.8 Å². The molecule has 19 heavy (non-hydrogen) atoms. The van der Waals surface area contributed by atoms with Gasteiger partial charge < -0.3 is 10.1 Å². The predicted molar refractivity (Wildman–Crippen MR) is 74.7 cm³/mol. The molecular formula is C12H21N3O3S. The van der Waals surface area contributed by atoms with Gasteiger partial charge in [0.2, 0.25) is 10.0 Å². The van der Waals surface area contributed by atoms with Crippen molar-refractivity contribution in [3.8, 4) is 0 Å². The van der Waals surface area contributed by atoms with Crippen molar-refractivity contribution in [3.05, 3.63) is 18.3 Å². The van der Waals surface area contributed by atoms with Gasteiger partial charge >= 0.3 is 0 Å². The molecule has 0 spiro atoms. The molecule has 0 saturated carbocycles. The van der Waals surface area contributed by atoms with E-state index in [1.54, 1.807) is 0 Å². The van der Waals surface area contributed by atoms with Crippen molar-refractivity contribution in [2.24, 2.45) is 0 Å². The van der Waals surface area contributed by atoms with Crippen LogP contribution in [0.5, 0.6) is 0 Å². The average molecular weight is 287 g/mol. The molecular weight excluding hydrogens is 266 g/mol. The second-order valence-corrected chi connectivity index (χ2v) is 5.79. The van der Waals surface area contributed by atoms with E-state index < -0.39 is 10.0 Å². The molecule has 0 bridgehead atoms. The highest BCUT2D eigenvalue weighted by atomic mass is 32.2. The largest absolute Gasteiger partial charge is 0.377 e. The maximum atomic E-state index is 12.1. The molecule has 0 radical (unpaired) electrons. The van der Waals surface area contributed by atoms with E-state index in [1.807, 2.05) is 20.8 Å². The summed E-state index contributed by atoms with van der Waals surface area (Å²) in [6.45, 7) is 7.10. The first-order valence-electron chi connectivity index (χ1n) is 6.30. The molecule has 2 N–H and O–H groups in total. The van der Waals surface area contributed by atoms with E-state index in [9.17, 15) is 8.42 Å². The topological polar surface area (TPSA) is 80.3 Å². The number of ether oxygens (including phenoxy) is 1. The number of anilines is 1. The lowest BCUT2D eigenvalue weighted by Gasteiger charge is -2.13. The second kappa shape index (κ2) is 7.42. The summed E-state index contributed by atoms with van der Waals surface area (Å²) in [5.74, 6) is 0.545. The highest BCUT2D eigenvalue weighted by Crippen LogP contribution is 2.12. The lowest BCUT2D eigenvalue weighted by molar-refractivity contribution is 0.0799. The van der Waals surface area contributed by atoms with Crippen LogP contribution < -0.4 is 10.0 Å². The fraction of sp³-hybridized carbons (Fsp3) is 0.583. The smallest absolute Gasteiger partial charge is 0.240 e. The third kappa shape index (κ3) is 5.14. The Balaban J connectivity index is 2.74. The lowest BCUT2D eigenvalue weighted by atomic mass is 10.4. The fourth-order valence-corrected chi connectivity index (χ4v) is 2.64. The standard InChI is InChI=1S/C12H21N3O3S/c1-4-13-12-8-11(6-7-14-12)19(16,17)15-9-10(3)18-5-2/h6-8,10,15H,4-5,9H2,1-3H3,(H,13,14). The van der Waals surface area contributed by atoms with E-state index in [0.717, 1.165) is 0 Å². The van der Waals surface area contributed by atoms with Gasteiger partial charge in [-0.25, -0.2) is 18.1 Å². The van der Waals surface area contributed by atoms with Crippen LogP contribution in [0, 0.1) is 0 Å². The maximum Gasteiger partial charge on any atom is 0.240 e. The molecule has 1 unspecified atom stereocenters. The minimum atomic E-state index is -3.52. The van der Waals surface area contributed by atoms with Gasteiger partial charge in [0.05, 0.1) is 11.0 Å². The zero-order valence-electron chi connectivity index (χ0n) is 11.5. The number of nitrogens with one attached hydrogen (secondary N) is 2. The Kier molecular flexibility index (Phi) is 6.20. The Hall–Kier alpha value is -1.18. The van der Waals surface area contributed by atoms with Gasteiger partial charge in [-0.3, -0.25) is 0 Å². The predicted octanol–water partition coefficient (Wildman–Crippen LogP) is 1.22. The molecule has 1 aromatic heterocycles. The molecule has 0 aliphatic heterocycles. The van der Waals surface area contributed by atoms with Crippen LogP contribution in [0.15, 0.2) is 23.2 Å². The van der Waals surface area contributed by atoms with Crippen LogP contribution in [0.2, 0.25) is 0 Å². The molecule has 108 valence electrons. The van der Waals surface area contributed by atoms with Crippen molar-refractivity contribution >= 4 is 15.8 Å². The van der Waals surface area contributed by atoms with E-state index in [1.165, 1.54) is 18.3 Å². The van der Waals surface area contributed by atoms with Gasteiger partial charge in [-0.15, -0.1) is 0 Å². The van der Waals surface area contributed by atoms with Crippen molar-refractivity contribution in [2.45, 2.75) is 31.8 Å².